The van der Waals surface area contributed by atoms with Gasteiger partial charge in [0.05, 0.1) is 22.2 Å². The van der Waals surface area contributed by atoms with Crippen LogP contribution in [0.25, 0.3) is 0 Å². The van der Waals surface area contributed by atoms with E-state index in [9.17, 15) is 9.59 Å². The SMILES string of the molecule is CCOc1c(Cl)cc(C(=O)Nc2cc(C(=O)O)ccc2C)cc1Cl. The fourth-order valence-electron chi connectivity index (χ4n) is 2.06. The lowest BCUT2D eigenvalue weighted by atomic mass is 10.1. The van der Waals surface area contributed by atoms with Crippen molar-refractivity contribution in [3.8, 4) is 5.75 Å². The van der Waals surface area contributed by atoms with Crippen molar-refractivity contribution in [2.24, 2.45) is 0 Å². The topological polar surface area (TPSA) is 75.6 Å². The van der Waals surface area contributed by atoms with Crippen LogP contribution >= 0.6 is 23.2 Å². The number of rotatable bonds is 5. The summed E-state index contributed by atoms with van der Waals surface area (Å²) in [5.41, 5.74) is 1.46. The molecule has 0 bridgehead atoms. The van der Waals surface area contributed by atoms with Crippen LogP contribution in [-0.2, 0) is 0 Å². The lowest BCUT2D eigenvalue weighted by molar-refractivity contribution is 0.0696. The molecule has 126 valence electrons. The third-order valence-electron chi connectivity index (χ3n) is 3.28. The van der Waals surface area contributed by atoms with Crippen molar-refractivity contribution in [2.75, 3.05) is 11.9 Å². The molecule has 0 fully saturated rings. The second-order valence-electron chi connectivity index (χ2n) is 4.99. The molecule has 0 aliphatic heterocycles. The summed E-state index contributed by atoms with van der Waals surface area (Å²) in [6, 6.07) is 7.39. The van der Waals surface area contributed by atoms with Crippen molar-refractivity contribution in [1.82, 2.24) is 0 Å². The first-order valence-electron chi connectivity index (χ1n) is 7.10. The lowest BCUT2D eigenvalue weighted by Crippen LogP contribution is -2.14. The van der Waals surface area contributed by atoms with Crippen LogP contribution in [0.5, 0.6) is 5.75 Å². The molecule has 2 aromatic carbocycles. The highest BCUT2D eigenvalue weighted by atomic mass is 35.5. The van der Waals surface area contributed by atoms with Gasteiger partial charge in [0.2, 0.25) is 0 Å². The summed E-state index contributed by atoms with van der Waals surface area (Å²) in [5.74, 6) is -1.20. The molecule has 0 atom stereocenters. The molecule has 0 heterocycles. The summed E-state index contributed by atoms with van der Waals surface area (Å²) >= 11 is 12.2. The van der Waals surface area contributed by atoms with E-state index in [2.05, 4.69) is 5.32 Å². The summed E-state index contributed by atoms with van der Waals surface area (Å²) in [6.07, 6.45) is 0. The predicted molar refractivity (Wildman–Crippen MR) is 93.7 cm³/mol. The Balaban J connectivity index is 2.31. The second-order valence-corrected chi connectivity index (χ2v) is 5.81. The number of ether oxygens (including phenoxy) is 1. The molecule has 0 saturated carbocycles. The van der Waals surface area contributed by atoms with Gasteiger partial charge in [0, 0.05) is 11.3 Å². The zero-order valence-electron chi connectivity index (χ0n) is 13.0. The van der Waals surface area contributed by atoms with Crippen molar-refractivity contribution in [1.29, 1.82) is 0 Å². The minimum atomic E-state index is -1.07. The summed E-state index contributed by atoms with van der Waals surface area (Å²) in [4.78, 5) is 23.5. The molecule has 0 aliphatic rings. The van der Waals surface area contributed by atoms with E-state index in [1.807, 2.05) is 0 Å². The van der Waals surface area contributed by atoms with Gasteiger partial charge in [-0.3, -0.25) is 4.79 Å². The number of carboxylic acid groups (broad SMARTS) is 1. The molecule has 0 aromatic heterocycles. The molecule has 2 aromatic rings. The van der Waals surface area contributed by atoms with Crippen molar-refractivity contribution in [3.63, 3.8) is 0 Å². The molecule has 0 aliphatic carbocycles. The quantitative estimate of drug-likeness (QED) is 0.806. The van der Waals surface area contributed by atoms with Crippen LogP contribution in [-0.4, -0.2) is 23.6 Å². The number of hydrogen-bond donors (Lipinski definition) is 2. The Hall–Kier alpha value is -2.24. The zero-order valence-corrected chi connectivity index (χ0v) is 14.5. The minimum Gasteiger partial charge on any atom is -0.491 e. The van der Waals surface area contributed by atoms with Gasteiger partial charge in [-0.05, 0) is 43.7 Å². The molecule has 5 nitrogen and oxygen atoms in total. The number of hydrogen-bond acceptors (Lipinski definition) is 3. The Labute approximate surface area is 149 Å². The number of carbonyl (C=O) groups is 2. The van der Waals surface area contributed by atoms with Gasteiger partial charge in [0.15, 0.2) is 5.75 Å². The number of carbonyl (C=O) groups excluding carboxylic acids is 1. The summed E-state index contributed by atoms with van der Waals surface area (Å²) < 4.78 is 5.32. The van der Waals surface area contributed by atoms with Gasteiger partial charge in [0.1, 0.15) is 0 Å². The van der Waals surface area contributed by atoms with Crippen LogP contribution in [0, 0.1) is 6.92 Å². The molecule has 0 radical (unpaired) electrons. The summed E-state index contributed by atoms with van der Waals surface area (Å²) in [6.45, 7) is 3.96. The van der Waals surface area contributed by atoms with Crippen molar-refractivity contribution >= 4 is 40.8 Å². The normalized spacial score (nSPS) is 10.3. The van der Waals surface area contributed by atoms with E-state index in [1.165, 1.54) is 24.3 Å². The number of aryl methyl sites for hydroxylation is 1. The third kappa shape index (κ3) is 3.99. The summed E-state index contributed by atoms with van der Waals surface area (Å²) in [7, 11) is 0. The average Bonchev–Trinajstić information content (AvgIpc) is 2.52. The lowest BCUT2D eigenvalue weighted by Gasteiger charge is -2.12. The highest BCUT2D eigenvalue weighted by molar-refractivity contribution is 6.37. The monoisotopic (exact) mass is 367 g/mol. The van der Waals surface area contributed by atoms with E-state index in [1.54, 1.807) is 19.9 Å². The number of benzene rings is 2. The van der Waals surface area contributed by atoms with Gasteiger partial charge in [0.25, 0.3) is 5.91 Å². The Kier molecular flexibility index (Phi) is 5.70. The predicted octanol–water partition coefficient (Wildman–Crippen LogP) is 4.65. The molecular formula is C17H15Cl2NO4. The van der Waals surface area contributed by atoms with E-state index >= 15 is 0 Å². The third-order valence-corrected chi connectivity index (χ3v) is 3.84. The highest BCUT2D eigenvalue weighted by Crippen LogP contribution is 2.34. The summed E-state index contributed by atoms with van der Waals surface area (Å²) in [5, 5.41) is 12.2. The van der Waals surface area contributed by atoms with E-state index in [-0.39, 0.29) is 21.2 Å². The molecule has 24 heavy (non-hydrogen) atoms. The number of aromatic carboxylic acids is 1. The fraction of sp³-hybridized carbons (Fsp3) is 0.176. The number of carboxylic acids is 1. The molecule has 0 saturated heterocycles. The first-order valence-corrected chi connectivity index (χ1v) is 7.86. The van der Waals surface area contributed by atoms with Crippen LogP contribution in [0.3, 0.4) is 0 Å². The maximum absolute atomic E-state index is 12.4. The van der Waals surface area contributed by atoms with Gasteiger partial charge in [-0.2, -0.15) is 0 Å². The minimum absolute atomic E-state index is 0.0821. The first-order chi connectivity index (χ1) is 11.3. The van der Waals surface area contributed by atoms with Gasteiger partial charge < -0.3 is 15.2 Å². The Bertz CT molecular complexity index is 782. The number of anilines is 1. The maximum atomic E-state index is 12.4. The Morgan fingerprint density at radius 1 is 1.12 bits per heavy atom. The van der Waals surface area contributed by atoms with E-state index in [0.717, 1.165) is 5.56 Å². The molecule has 1 amide bonds. The Morgan fingerprint density at radius 2 is 1.75 bits per heavy atom. The highest BCUT2D eigenvalue weighted by Gasteiger charge is 2.15. The van der Waals surface area contributed by atoms with Crippen LogP contribution in [0.1, 0.15) is 33.2 Å². The van der Waals surface area contributed by atoms with Crippen molar-refractivity contribution in [2.45, 2.75) is 13.8 Å². The largest absolute Gasteiger partial charge is 0.491 e. The standard InChI is InChI=1S/C17H15Cl2NO4/c1-3-24-15-12(18)6-11(7-13(15)19)16(21)20-14-8-10(17(22)23)5-4-9(14)2/h4-8H,3H2,1-2H3,(H,20,21)(H,22,23). The van der Waals surface area contributed by atoms with Gasteiger partial charge in [-0.25, -0.2) is 4.79 Å². The average molecular weight is 368 g/mol. The maximum Gasteiger partial charge on any atom is 0.335 e. The van der Waals surface area contributed by atoms with Crippen LogP contribution in [0.4, 0.5) is 5.69 Å². The molecule has 7 heteroatoms. The van der Waals surface area contributed by atoms with Crippen LogP contribution in [0.2, 0.25) is 10.0 Å². The first kappa shape index (κ1) is 18.1. The molecule has 2 rings (SSSR count). The van der Waals surface area contributed by atoms with E-state index < -0.39 is 11.9 Å². The van der Waals surface area contributed by atoms with Crippen LogP contribution in [0.15, 0.2) is 30.3 Å². The van der Waals surface area contributed by atoms with Gasteiger partial charge in [-0.1, -0.05) is 29.3 Å². The molecular weight excluding hydrogens is 353 g/mol. The van der Waals surface area contributed by atoms with Crippen molar-refractivity contribution in [3.05, 3.63) is 57.1 Å². The van der Waals surface area contributed by atoms with E-state index in [4.69, 9.17) is 33.0 Å². The van der Waals surface area contributed by atoms with Crippen molar-refractivity contribution < 1.29 is 19.4 Å². The van der Waals surface area contributed by atoms with Gasteiger partial charge >= 0.3 is 5.97 Å². The van der Waals surface area contributed by atoms with Crippen LogP contribution < -0.4 is 10.1 Å². The Morgan fingerprint density at radius 3 is 2.29 bits per heavy atom. The molecule has 2 N–H and O–H groups in total. The molecule has 0 spiro atoms. The van der Waals surface area contributed by atoms with Gasteiger partial charge in [-0.15, -0.1) is 0 Å². The number of amides is 1. The number of nitrogens with one attached hydrogen (secondary N) is 1. The zero-order chi connectivity index (χ0) is 17.9. The molecule has 0 unspecified atom stereocenters. The smallest absolute Gasteiger partial charge is 0.335 e. The number of halogens is 2. The van der Waals surface area contributed by atoms with E-state index in [0.29, 0.717) is 18.0 Å². The second kappa shape index (κ2) is 7.55. The fourth-order valence-corrected chi connectivity index (χ4v) is 2.65.